The van der Waals surface area contributed by atoms with Crippen molar-refractivity contribution < 1.29 is 14.3 Å². The summed E-state index contributed by atoms with van der Waals surface area (Å²) in [6.07, 6.45) is 1.59. The maximum absolute atomic E-state index is 12.3. The summed E-state index contributed by atoms with van der Waals surface area (Å²) in [7, 11) is 0. The molecule has 5 aromatic rings. The molecule has 0 aliphatic rings. The molecule has 6 nitrogen and oxygen atoms in total. The van der Waals surface area contributed by atoms with Gasteiger partial charge >= 0.3 is 0 Å². The molecule has 190 valence electrons. The van der Waals surface area contributed by atoms with Crippen molar-refractivity contribution in [1.29, 1.82) is 0 Å². The van der Waals surface area contributed by atoms with Gasteiger partial charge in [-0.25, -0.2) is 5.43 Å². The second-order valence-electron chi connectivity index (χ2n) is 8.74. The first-order valence-electron chi connectivity index (χ1n) is 12.6. The lowest BCUT2D eigenvalue weighted by atomic mass is 10.1. The van der Waals surface area contributed by atoms with Crippen LogP contribution in [0, 0.1) is 0 Å². The number of carbonyl (C=O) groups is 1. The molecule has 5 aromatic carbocycles. The van der Waals surface area contributed by atoms with E-state index in [0.29, 0.717) is 24.7 Å². The summed E-state index contributed by atoms with van der Waals surface area (Å²) in [4.78, 5) is 12.3. The molecule has 38 heavy (non-hydrogen) atoms. The standard InChI is InChI=1S/C32H29N3O3/c1-2-37-31-19-23(17-18-30(31)38-22-26-13-7-11-24-9-3-5-14-27(24)26)20-34-35-32(36)21-33-29-16-8-12-25-10-4-6-15-28(25)29/h3-20,33H,2,21-22H2,1H3,(H,35,36)/b34-20-. The zero-order chi connectivity index (χ0) is 26.2. The summed E-state index contributed by atoms with van der Waals surface area (Å²) < 4.78 is 12.0. The predicted octanol–water partition coefficient (Wildman–Crippen LogP) is 6.53. The Bertz CT molecular complexity index is 1590. The van der Waals surface area contributed by atoms with Gasteiger partial charge in [0, 0.05) is 11.1 Å². The molecule has 5 rings (SSSR count). The summed E-state index contributed by atoms with van der Waals surface area (Å²) in [5.74, 6) is 1.04. The van der Waals surface area contributed by atoms with Gasteiger partial charge in [0.25, 0.3) is 5.91 Å². The zero-order valence-electron chi connectivity index (χ0n) is 21.2. The van der Waals surface area contributed by atoms with Crippen LogP contribution in [0.1, 0.15) is 18.1 Å². The predicted molar refractivity (Wildman–Crippen MR) is 154 cm³/mol. The summed E-state index contributed by atoms with van der Waals surface area (Å²) >= 11 is 0. The molecule has 0 heterocycles. The van der Waals surface area contributed by atoms with Crippen LogP contribution in [0.4, 0.5) is 5.69 Å². The molecule has 0 aliphatic carbocycles. The van der Waals surface area contributed by atoms with Crippen molar-refractivity contribution in [2.75, 3.05) is 18.5 Å². The number of hydrogen-bond donors (Lipinski definition) is 2. The van der Waals surface area contributed by atoms with Crippen LogP contribution < -0.4 is 20.2 Å². The fourth-order valence-corrected chi connectivity index (χ4v) is 4.34. The van der Waals surface area contributed by atoms with Gasteiger partial charge in [-0.3, -0.25) is 4.79 Å². The van der Waals surface area contributed by atoms with Gasteiger partial charge in [0.1, 0.15) is 6.61 Å². The minimum absolute atomic E-state index is 0.108. The van der Waals surface area contributed by atoms with E-state index < -0.39 is 0 Å². The van der Waals surface area contributed by atoms with Crippen molar-refractivity contribution in [3.63, 3.8) is 0 Å². The lowest BCUT2D eigenvalue weighted by molar-refractivity contribution is -0.119. The zero-order valence-corrected chi connectivity index (χ0v) is 21.2. The third kappa shape index (κ3) is 5.93. The van der Waals surface area contributed by atoms with Gasteiger partial charge in [0.05, 0.1) is 19.4 Å². The smallest absolute Gasteiger partial charge is 0.259 e. The van der Waals surface area contributed by atoms with Gasteiger partial charge < -0.3 is 14.8 Å². The molecule has 0 saturated carbocycles. The van der Waals surface area contributed by atoms with Crippen molar-refractivity contribution in [2.45, 2.75) is 13.5 Å². The highest BCUT2D eigenvalue weighted by Crippen LogP contribution is 2.30. The number of hydrogen-bond acceptors (Lipinski definition) is 5. The third-order valence-electron chi connectivity index (χ3n) is 6.16. The van der Waals surface area contributed by atoms with Crippen LogP contribution in [0.5, 0.6) is 11.5 Å². The SMILES string of the molecule is CCOc1cc(/C=N\NC(=O)CNc2cccc3ccccc23)ccc1OCc1cccc2ccccc12. The van der Waals surface area contributed by atoms with Crippen molar-refractivity contribution in [1.82, 2.24) is 5.43 Å². The Morgan fingerprint density at radius 3 is 2.32 bits per heavy atom. The van der Waals surface area contributed by atoms with E-state index in [1.165, 1.54) is 10.8 Å². The van der Waals surface area contributed by atoms with Crippen molar-refractivity contribution in [2.24, 2.45) is 5.10 Å². The maximum atomic E-state index is 12.3. The number of anilines is 1. The molecule has 0 saturated heterocycles. The van der Waals surface area contributed by atoms with Crippen molar-refractivity contribution in [3.8, 4) is 11.5 Å². The molecule has 0 fully saturated rings. The van der Waals surface area contributed by atoms with E-state index >= 15 is 0 Å². The Labute approximate surface area is 221 Å². The van der Waals surface area contributed by atoms with E-state index in [1.54, 1.807) is 6.21 Å². The number of ether oxygens (including phenoxy) is 2. The number of rotatable bonds is 10. The van der Waals surface area contributed by atoms with Crippen LogP contribution in [0.3, 0.4) is 0 Å². The Morgan fingerprint density at radius 1 is 0.789 bits per heavy atom. The van der Waals surface area contributed by atoms with Gasteiger partial charge in [-0.05, 0) is 58.5 Å². The molecule has 0 aliphatic heterocycles. The topological polar surface area (TPSA) is 72.0 Å². The van der Waals surface area contributed by atoms with E-state index in [1.807, 2.05) is 85.8 Å². The quantitative estimate of drug-likeness (QED) is 0.168. The van der Waals surface area contributed by atoms with E-state index in [4.69, 9.17) is 9.47 Å². The van der Waals surface area contributed by atoms with Crippen molar-refractivity contribution in [3.05, 3.63) is 114 Å². The maximum Gasteiger partial charge on any atom is 0.259 e. The highest BCUT2D eigenvalue weighted by Gasteiger charge is 2.09. The number of amides is 1. The summed E-state index contributed by atoms with van der Waals surface area (Å²) in [6.45, 7) is 2.96. The first-order chi connectivity index (χ1) is 18.7. The molecule has 0 unspecified atom stereocenters. The van der Waals surface area contributed by atoms with Crippen LogP contribution in [0.15, 0.2) is 108 Å². The average Bonchev–Trinajstić information content (AvgIpc) is 2.96. The summed E-state index contributed by atoms with van der Waals surface area (Å²) in [6, 6.07) is 34.1. The number of fused-ring (bicyclic) bond motifs is 2. The summed E-state index contributed by atoms with van der Waals surface area (Å²) in [5, 5.41) is 11.8. The molecule has 2 N–H and O–H groups in total. The molecular formula is C32H29N3O3. The molecular weight excluding hydrogens is 474 g/mol. The first kappa shape index (κ1) is 24.8. The van der Waals surface area contributed by atoms with Crippen LogP contribution in [-0.2, 0) is 11.4 Å². The molecule has 0 aromatic heterocycles. The highest BCUT2D eigenvalue weighted by molar-refractivity contribution is 5.95. The minimum atomic E-state index is -0.241. The fourth-order valence-electron chi connectivity index (χ4n) is 4.34. The fraction of sp³-hybridized carbons (Fsp3) is 0.125. The number of benzene rings is 5. The van der Waals surface area contributed by atoms with Crippen LogP contribution in [0.25, 0.3) is 21.5 Å². The Morgan fingerprint density at radius 2 is 1.50 bits per heavy atom. The Balaban J connectivity index is 1.20. The highest BCUT2D eigenvalue weighted by atomic mass is 16.5. The van der Waals surface area contributed by atoms with Gasteiger partial charge in [-0.2, -0.15) is 5.10 Å². The van der Waals surface area contributed by atoms with Gasteiger partial charge in [0.15, 0.2) is 11.5 Å². The third-order valence-corrected chi connectivity index (χ3v) is 6.16. The van der Waals surface area contributed by atoms with Crippen LogP contribution >= 0.6 is 0 Å². The van der Waals surface area contributed by atoms with Crippen LogP contribution in [0.2, 0.25) is 0 Å². The molecule has 0 bridgehead atoms. The number of hydrazone groups is 1. The van der Waals surface area contributed by atoms with Crippen LogP contribution in [-0.4, -0.2) is 25.3 Å². The van der Waals surface area contributed by atoms with Crippen molar-refractivity contribution >= 4 is 39.4 Å². The number of carbonyl (C=O) groups excluding carboxylic acids is 1. The van der Waals surface area contributed by atoms with Gasteiger partial charge in [0.2, 0.25) is 0 Å². The largest absolute Gasteiger partial charge is 0.490 e. The van der Waals surface area contributed by atoms with E-state index in [-0.39, 0.29) is 12.5 Å². The Hall–Kier alpha value is -4.84. The molecule has 0 atom stereocenters. The monoisotopic (exact) mass is 503 g/mol. The van der Waals surface area contributed by atoms with Gasteiger partial charge in [-0.1, -0.05) is 78.9 Å². The molecule has 6 heteroatoms. The molecule has 0 radical (unpaired) electrons. The minimum Gasteiger partial charge on any atom is -0.490 e. The van der Waals surface area contributed by atoms with E-state index in [9.17, 15) is 4.79 Å². The molecule has 0 spiro atoms. The average molecular weight is 504 g/mol. The lowest BCUT2D eigenvalue weighted by Crippen LogP contribution is -2.25. The Kier molecular flexibility index (Phi) is 7.80. The number of nitrogens with one attached hydrogen (secondary N) is 2. The van der Waals surface area contributed by atoms with Gasteiger partial charge in [-0.15, -0.1) is 0 Å². The second kappa shape index (κ2) is 11.9. The normalized spacial score (nSPS) is 11.1. The summed E-state index contributed by atoms with van der Waals surface area (Å²) in [5.41, 5.74) is 5.37. The van der Waals surface area contributed by atoms with E-state index in [0.717, 1.165) is 27.6 Å². The lowest BCUT2D eigenvalue weighted by Gasteiger charge is -2.13. The van der Waals surface area contributed by atoms with E-state index in [2.05, 4.69) is 40.1 Å². The second-order valence-corrected chi connectivity index (χ2v) is 8.74. The molecule has 1 amide bonds. The number of nitrogens with zero attached hydrogens (tertiary/aromatic N) is 1. The first-order valence-corrected chi connectivity index (χ1v) is 12.6.